The molecule has 0 unspecified atom stereocenters. The molecule has 0 aromatic rings. The SMILES string of the molecule is CCCCCCCCCCCCCCCCCCOB(O)O.[KH]. The van der Waals surface area contributed by atoms with E-state index in [2.05, 4.69) is 11.6 Å². The minimum absolute atomic E-state index is 0. The molecule has 5 heteroatoms. The van der Waals surface area contributed by atoms with Crippen molar-refractivity contribution >= 4 is 58.7 Å². The average molecular weight is 354 g/mol. The van der Waals surface area contributed by atoms with Crippen LogP contribution < -0.4 is 0 Å². The van der Waals surface area contributed by atoms with E-state index >= 15 is 0 Å². The first-order chi connectivity index (χ1) is 10.8. The standard InChI is InChI=1S/C18H39BO3.K.H/c1-2-3-4-5-6-7-8-9-10-11-12-13-14-15-16-17-18-22-19(20)21;;/h20-21H,2-18H2,1H3;;. The monoisotopic (exact) mass is 354 g/mol. The van der Waals surface area contributed by atoms with E-state index in [4.69, 9.17) is 10.0 Å². The fraction of sp³-hybridized carbons (Fsp3) is 1.00. The van der Waals surface area contributed by atoms with Gasteiger partial charge in [0.05, 0.1) is 0 Å². The Hall–Kier alpha value is 1.58. The van der Waals surface area contributed by atoms with Crippen LogP contribution in [-0.4, -0.2) is 75.4 Å². The van der Waals surface area contributed by atoms with Gasteiger partial charge in [0.25, 0.3) is 0 Å². The molecule has 0 aliphatic carbocycles. The summed E-state index contributed by atoms with van der Waals surface area (Å²) in [5.74, 6) is 0. The van der Waals surface area contributed by atoms with Crippen LogP contribution in [0.25, 0.3) is 0 Å². The van der Waals surface area contributed by atoms with E-state index in [-0.39, 0.29) is 51.4 Å². The summed E-state index contributed by atoms with van der Waals surface area (Å²) in [5.41, 5.74) is 0. The molecule has 0 aliphatic rings. The normalized spacial score (nSPS) is 10.6. The van der Waals surface area contributed by atoms with Crippen molar-refractivity contribution in [1.29, 1.82) is 0 Å². The molecule has 0 fully saturated rings. The third kappa shape index (κ3) is 25.9. The van der Waals surface area contributed by atoms with E-state index in [9.17, 15) is 0 Å². The molecular formula is C18H40BKO3. The van der Waals surface area contributed by atoms with Gasteiger partial charge in [-0.25, -0.2) is 0 Å². The number of hydrogen-bond acceptors (Lipinski definition) is 3. The van der Waals surface area contributed by atoms with Crippen LogP contribution in [0.4, 0.5) is 0 Å². The van der Waals surface area contributed by atoms with Crippen LogP contribution in [0, 0.1) is 0 Å². The van der Waals surface area contributed by atoms with E-state index in [0.29, 0.717) is 6.61 Å². The maximum atomic E-state index is 8.51. The molecule has 134 valence electrons. The van der Waals surface area contributed by atoms with E-state index in [0.717, 1.165) is 12.8 Å². The zero-order valence-electron chi connectivity index (χ0n) is 14.9. The van der Waals surface area contributed by atoms with Crippen LogP contribution in [0.15, 0.2) is 0 Å². The first-order valence-corrected chi connectivity index (χ1v) is 9.75. The predicted molar refractivity (Wildman–Crippen MR) is 103 cm³/mol. The van der Waals surface area contributed by atoms with Crippen molar-refractivity contribution in [3.63, 3.8) is 0 Å². The Kier molecular flexibility index (Phi) is 27.5. The van der Waals surface area contributed by atoms with Gasteiger partial charge in [-0.05, 0) is 6.42 Å². The van der Waals surface area contributed by atoms with Crippen molar-refractivity contribution in [3.8, 4) is 0 Å². The molecule has 0 aliphatic heterocycles. The van der Waals surface area contributed by atoms with Crippen molar-refractivity contribution in [3.05, 3.63) is 0 Å². The van der Waals surface area contributed by atoms with Gasteiger partial charge in [0.2, 0.25) is 0 Å². The summed E-state index contributed by atoms with van der Waals surface area (Å²) in [4.78, 5) is 0. The molecule has 3 nitrogen and oxygen atoms in total. The quantitative estimate of drug-likeness (QED) is 0.280. The van der Waals surface area contributed by atoms with Gasteiger partial charge in [-0.1, -0.05) is 103 Å². The average Bonchev–Trinajstić information content (AvgIpc) is 2.50. The van der Waals surface area contributed by atoms with Crippen LogP contribution in [0.2, 0.25) is 0 Å². The second kappa shape index (κ2) is 23.6. The number of hydrogen-bond donors (Lipinski definition) is 2. The zero-order valence-corrected chi connectivity index (χ0v) is 14.9. The second-order valence-electron chi connectivity index (χ2n) is 6.50. The van der Waals surface area contributed by atoms with Crippen molar-refractivity contribution < 1.29 is 14.7 Å². The van der Waals surface area contributed by atoms with Crippen LogP contribution in [0.1, 0.15) is 110 Å². The first kappa shape index (κ1) is 26.8. The summed E-state index contributed by atoms with van der Waals surface area (Å²) in [6, 6.07) is 0. The Morgan fingerprint density at radius 3 is 1.17 bits per heavy atom. The molecule has 0 aromatic carbocycles. The second-order valence-corrected chi connectivity index (χ2v) is 6.50. The Labute approximate surface area is 187 Å². The molecule has 0 saturated carbocycles. The number of rotatable bonds is 18. The van der Waals surface area contributed by atoms with Crippen LogP contribution in [0.3, 0.4) is 0 Å². The molecule has 0 bridgehead atoms. The summed E-state index contributed by atoms with van der Waals surface area (Å²) in [6.07, 6.45) is 21.5. The van der Waals surface area contributed by atoms with Gasteiger partial charge in [-0.15, -0.1) is 0 Å². The van der Waals surface area contributed by atoms with E-state index in [1.54, 1.807) is 0 Å². The molecule has 0 spiro atoms. The van der Waals surface area contributed by atoms with E-state index in [1.807, 2.05) is 0 Å². The molecule has 2 N–H and O–H groups in total. The Morgan fingerprint density at radius 1 is 0.565 bits per heavy atom. The molecule has 23 heavy (non-hydrogen) atoms. The molecular weight excluding hydrogens is 314 g/mol. The molecule has 0 rings (SSSR count). The van der Waals surface area contributed by atoms with Crippen molar-refractivity contribution in [2.24, 2.45) is 0 Å². The van der Waals surface area contributed by atoms with Gasteiger partial charge in [0.15, 0.2) is 0 Å². The summed E-state index contributed by atoms with van der Waals surface area (Å²) < 4.78 is 4.67. The van der Waals surface area contributed by atoms with Crippen LogP contribution in [0.5, 0.6) is 0 Å². The third-order valence-corrected chi connectivity index (χ3v) is 4.26. The van der Waals surface area contributed by atoms with Gasteiger partial charge in [-0.2, -0.15) is 0 Å². The minimum atomic E-state index is -1.60. The van der Waals surface area contributed by atoms with Crippen molar-refractivity contribution in [2.45, 2.75) is 110 Å². The van der Waals surface area contributed by atoms with Crippen LogP contribution >= 0.6 is 0 Å². The molecule has 0 heterocycles. The first-order valence-electron chi connectivity index (χ1n) is 9.75. The molecule has 0 saturated heterocycles. The van der Waals surface area contributed by atoms with Gasteiger partial charge >= 0.3 is 58.7 Å². The van der Waals surface area contributed by atoms with Gasteiger partial charge in [0.1, 0.15) is 0 Å². The van der Waals surface area contributed by atoms with E-state index < -0.39 is 7.32 Å². The van der Waals surface area contributed by atoms with Gasteiger partial charge < -0.3 is 14.7 Å². The molecule has 0 aromatic heterocycles. The van der Waals surface area contributed by atoms with Crippen molar-refractivity contribution in [2.75, 3.05) is 6.61 Å². The Bertz CT molecular complexity index is 207. The predicted octanol–water partition coefficient (Wildman–Crippen LogP) is 4.59. The fourth-order valence-corrected chi connectivity index (χ4v) is 2.84. The maximum absolute atomic E-state index is 8.51. The van der Waals surface area contributed by atoms with Gasteiger partial charge in [-0.3, -0.25) is 0 Å². The summed E-state index contributed by atoms with van der Waals surface area (Å²) >= 11 is 0. The molecule has 0 radical (unpaired) electrons. The summed E-state index contributed by atoms with van der Waals surface area (Å²) in [6.45, 7) is 2.73. The van der Waals surface area contributed by atoms with Crippen LogP contribution in [-0.2, 0) is 4.65 Å². The summed E-state index contributed by atoms with van der Waals surface area (Å²) in [5, 5.41) is 17.0. The number of unbranched alkanes of at least 4 members (excludes halogenated alkanes) is 15. The van der Waals surface area contributed by atoms with Gasteiger partial charge in [0, 0.05) is 6.61 Å². The fourth-order valence-electron chi connectivity index (χ4n) is 2.84. The van der Waals surface area contributed by atoms with Crippen molar-refractivity contribution in [1.82, 2.24) is 0 Å². The van der Waals surface area contributed by atoms with E-state index in [1.165, 1.54) is 89.9 Å². The Balaban J connectivity index is 0. The third-order valence-electron chi connectivity index (χ3n) is 4.26. The molecule has 0 amide bonds. The molecule has 0 atom stereocenters. The Morgan fingerprint density at radius 2 is 0.870 bits per heavy atom. The topological polar surface area (TPSA) is 49.7 Å². The summed E-state index contributed by atoms with van der Waals surface area (Å²) in [7, 11) is -1.60. The zero-order chi connectivity index (χ0) is 16.3.